The Balaban J connectivity index is 1.68. The first-order valence-electron chi connectivity index (χ1n) is 11.8. The van der Waals surface area contributed by atoms with Crippen molar-refractivity contribution in [1.82, 2.24) is 10.3 Å². The molecule has 1 aliphatic carbocycles. The van der Waals surface area contributed by atoms with Gasteiger partial charge in [0.25, 0.3) is 5.91 Å². The molecule has 1 heterocycles. The number of hydrogen-bond donors (Lipinski definition) is 1. The van der Waals surface area contributed by atoms with Crippen LogP contribution in [0.2, 0.25) is 0 Å². The predicted octanol–water partition coefficient (Wildman–Crippen LogP) is 5.86. The average molecular weight is 452 g/mol. The van der Waals surface area contributed by atoms with Gasteiger partial charge < -0.3 is 15.2 Å². The van der Waals surface area contributed by atoms with Crippen molar-refractivity contribution in [3.63, 3.8) is 0 Å². The molecule has 0 radical (unpaired) electrons. The van der Waals surface area contributed by atoms with Crippen LogP contribution in [0.4, 0.5) is 0 Å². The molecule has 5 heteroatoms. The van der Waals surface area contributed by atoms with Crippen molar-refractivity contribution in [2.75, 3.05) is 14.1 Å². The number of benzene rings is 3. The van der Waals surface area contributed by atoms with Gasteiger partial charge in [0.2, 0.25) is 0 Å². The molecule has 1 saturated carbocycles. The van der Waals surface area contributed by atoms with E-state index in [2.05, 4.69) is 17.4 Å². The second-order valence-electron chi connectivity index (χ2n) is 9.63. The lowest BCUT2D eigenvalue weighted by atomic mass is 9.94. The highest BCUT2D eigenvalue weighted by molar-refractivity contribution is 6.09. The van der Waals surface area contributed by atoms with Gasteiger partial charge in [-0.05, 0) is 30.4 Å². The highest BCUT2D eigenvalue weighted by Gasteiger charge is 2.35. The predicted molar refractivity (Wildman–Crippen MR) is 136 cm³/mol. The van der Waals surface area contributed by atoms with Crippen molar-refractivity contribution in [3.8, 4) is 11.3 Å². The summed E-state index contributed by atoms with van der Waals surface area (Å²) in [6.07, 6.45) is 2.20. The van der Waals surface area contributed by atoms with Crippen molar-refractivity contribution in [1.29, 1.82) is 0 Å². The van der Waals surface area contributed by atoms with E-state index in [4.69, 9.17) is 4.98 Å². The number of carbonyl (C=O) groups excluding carboxylic acids is 1. The number of carbonyl (C=O) groups is 1. The van der Waals surface area contributed by atoms with Gasteiger partial charge in [0.15, 0.2) is 0 Å². The summed E-state index contributed by atoms with van der Waals surface area (Å²) in [6, 6.07) is 27.6. The Morgan fingerprint density at radius 1 is 0.971 bits per heavy atom. The van der Waals surface area contributed by atoms with Crippen molar-refractivity contribution < 1.29 is 9.44 Å². The Morgan fingerprint density at radius 2 is 1.59 bits per heavy atom. The minimum absolute atomic E-state index is 0.0524. The Hall–Kier alpha value is -3.54. The molecule has 1 amide bonds. The minimum Gasteiger partial charge on any atom is -0.633 e. The van der Waals surface area contributed by atoms with Gasteiger partial charge in [0, 0.05) is 16.5 Å². The van der Waals surface area contributed by atoms with Crippen molar-refractivity contribution in [2.45, 2.75) is 25.4 Å². The molecule has 1 aliphatic rings. The van der Waals surface area contributed by atoms with E-state index in [0.29, 0.717) is 22.7 Å². The van der Waals surface area contributed by atoms with Crippen LogP contribution in [-0.2, 0) is 6.54 Å². The lowest BCUT2D eigenvalue weighted by molar-refractivity contribution is -0.853. The quantitative estimate of drug-likeness (QED) is 0.283. The molecule has 0 saturated heterocycles. The fourth-order valence-corrected chi connectivity index (χ4v) is 4.66. The van der Waals surface area contributed by atoms with E-state index in [1.54, 1.807) is 14.1 Å². The molecule has 5 nitrogen and oxygen atoms in total. The summed E-state index contributed by atoms with van der Waals surface area (Å²) in [5, 5.41) is 17.0. The number of nitrogens with zero attached hydrogens (tertiary/aromatic N) is 2. The highest BCUT2D eigenvalue weighted by atomic mass is 16.5. The number of rotatable bonds is 7. The van der Waals surface area contributed by atoms with Gasteiger partial charge in [0.05, 0.1) is 36.9 Å². The Morgan fingerprint density at radius 3 is 2.24 bits per heavy atom. The first-order chi connectivity index (χ1) is 16.4. The van der Waals surface area contributed by atoms with Crippen LogP contribution in [0, 0.1) is 11.1 Å². The van der Waals surface area contributed by atoms with Crippen molar-refractivity contribution in [2.24, 2.45) is 5.92 Å². The van der Waals surface area contributed by atoms with Crippen LogP contribution in [0.1, 0.15) is 40.4 Å². The fourth-order valence-electron chi connectivity index (χ4n) is 4.66. The minimum atomic E-state index is -0.551. The largest absolute Gasteiger partial charge is 0.633 e. The number of amides is 1. The third-order valence-electron chi connectivity index (χ3n) is 6.35. The number of nitrogens with one attached hydrogen (secondary N) is 1. The molecule has 1 atom stereocenters. The van der Waals surface area contributed by atoms with Gasteiger partial charge in [-0.25, -0.2) is 4.98 Å². The van der Waals surface area contributed by atoms with Gasteiger partial charge in [-0.15, -0.1) is 0 Å². The SMILES string of the molecule is C[N+](C)([O-])Cc1c(-c2ccccc2)nc2ccccc2c1C(=O)NC(c1ccccc1)C1CC1. The molecule has 1 fully saturated rings. The zero-order valence-electron chi connectivity index (χ0n) is 19.6. The van der Waals surface area contributed by atoms with Crippen LogP contribution in [0.25, 0.3) is 22.2 Å². The molecule has 0 bridgehead atoms. The zero-order valence-corrected chi connectivity index (χ0v) is 19.6. The molecule has 4 aromatic rings. The van der Waals surface area contributed by atoms with Crippen molar-refractivity contribution >= 4 is 16.8 Å². The molecule has 0 aliphatic heterocycles. The third kappa shape index (κ3) is 4.72. The Labute approximate surface area is 200 Å². The van der Waals surface area contributed by atoms with E-state index >= 15 is 0 Å². The van der Waals surface area contributed by atoms with E-state index in [9.17, 15) is 10.0 Å². The van der Waals surface area contributed by atoms with Crippen LogP contribution in [0.3, 0.4) is 0 Å². The average Bonchev–Trinajstić information content (AvgIpc) is 3.67. The van der Waals surface area contributed by atoms with Gasteiger partial charge in [-0.1, -0.05) is 78.9 Å². The topological polar surface area (TPSA) is 65.0 Å². The summed E-state index contributed by atoms with van der Waals surface area (Å²) in [4.78, 5) is 18.9. The summed E-state index contributed by atoms with van der Waals surface area (Å²) < 4.78 is -0.551. The highest BCUT2D eigenvalue weighted by Crippen LogP contribution is 2.41. The summed E-state index contributed by atoms with van der Waals surface area (Å²) in [6.45, 7) is 0.143. The zero-order chi connectivity index (χ0) is 23.7. The smallest absolute Gasteiger partial charge is 0.253 e. The lowest BCUT2D eigenvalue weighted by Crippen LogP contribution is -2.35. The lowest BCUT2D eigenvalue weighted by Gasteiger charge is -2.35. The second kappa shape index (κ2) is 9.01. The maximum absolute atomic E-state index is 14.0. The fraction of sp³-hybridized carbons (Fsp3) is 0.241. The molecular formula is C29H29N3O2. The van der Waals surface area contributed by atoms with Crippen molar-refractivity contribution in [3.05, 3.63) is 107 Å². The van der Waals surface area contributed by atoms with Crippen LogP contribution in [-0.4, -0.2) is 29.6 Å². The van der Waals surface area contributed by atoms with Gasteiger partial charge in [-0.2, -0.15) is 0 Å². The van der Waals surface area contributed by atoms with E-state index in [1.807, 2.05) is 72.8 Å². The summed E-state index contributed by atoms with van der Waals surface area (Å²) in [5.74, 6) is 0.281. The summed E-state index contributed by atoms with van der Waals surface area (Å²) >= 11 is 0. The molecule has 1 unspecified atom stereocenters. The van der Waals surface area contributed by atoms with Crippen LogP contribution >= 0.6 is 0 Å². The van der Waals surface area contributed by atoms with Crippen LogP contribution < -0.4 is 5.32 Å². The van der Waals surface area contributed by atoms with Crippen LogP contribution in [0.5, 0.6) is 0 Å². The van der Waals surface area contributed by atoms with Gasteiger partial charge >= 0.3 is 0 Å². The van der Waals surface area contributed by atoms with Gasteiger partial charge in [-0.3, -0.25) is 4.79 Å². The molecule has 0 spiro atoms. The number of quaternary nitrogens is 1. The first kappa shape index (κ1) is 22.3. The van der Waals surface area contributed by atoms with Crippen LogP contribution in [0.15, 0.2) is 84.9 Å². The monoisotopic (exact) mass is 451 g/mol. The molecule has 34 heavy (non-hydrogen) atoms. The standard InChI is InChI=1S/C29H29N3O2/c1-32(2,34)19-24-26(29(33)31-27(22-17-18-22)20-11-5-3-6-12-20)23-15-9-10-16-25(23)30-28(24)21-13-7-4-8-14-21/h3-16,22,27H,17-19H2,1-2H3,(H,31,33). The van der Waals surface area contributed by atoms with E-state index in [0.717, 1.165) is 34.9 Å². The number of fused-ring (bicyclic) bond motifs is 1. The molecule has 5 rings (SSSR count). The summed E-state index contributed by atoms with van der Waals surface area (Å²) in [5.41, 5.74) is 4.68. The molecular weight excluding hydrogens is 422 g/mol. The van der Waals surface area contributed by atoms with E-state index < -0.39 is 4.65 Å². The normalized spacial score (nSPS) is 14.7. The number of hydroxylamine groups is 3. The maximum atomic E-state index is 14.0. The molecule has 1 aromatic heterocycles. The molecule has 1 N–H and O–H groups in total. The molecule has 172 valence electrons. The summed E-state index contributed by atoms with van der Waals surface area (Å²) in [7, 11) is 3.20. The third-order valence-corrected chi connectivity index (χ3v) is 6.35. The number of aromatic nitrogens is 1. The first-order valence-corrected chi connectivity index (χ1v) is 11.8. The van der Waals surface area contributed by atoms with E-state index in [-0.39, 0.29) is 18.5 Å². The molecule has 3 aromatic carbocycles. The number of pyridine rings is 1. The second-order valence-corrected chi connectivity index (χ2v) is 9.63. The van der Waals surface area contributed by atoms with Gasteiger partial charge in [0.1, 0.15) is 6.54 Å². The Bertz CT molecular complexity index is 1310. The number of para-hydroxylation sites is 1. The number of hydrogen-bond acceptors (Lipinski definition) is 3. The Kier molecular flexibility index (Phi) is 5.90. The van der Waals surface area contributed by atoms with E-state index in [1.165, 1.54) is 0 Å². The maximum Gasteiger partial charge on any atom is 0.253 e.